The first-order valence-electron chi connectivity index (χ1n) is 17.7. The van der Waals surface area contributed by atoms with Crippen LogP contribution in [0.1, 0.15) is 63.0 Å². The molecular weight excluding hydrogens is 683 g/mol. The van der Waals surface area contributed by atoms with E-state index in [-0.39, 0.29) is 0 Å². The highest BCUT2D eigenvalue weighted by molar-refractivity contribution is 6.91. The summed E-state index contributed by atoms with van der Waals surface area (Å²) in [6.07, 6.45) is 9.29. The number of hydrogen-bond donors (Lipinski definition) is 0. The third-order valence-electron chi connectivity index (χ3n) is 7.83. The average Bonchev–Trinajstić information content (AvgIpc) is 2.89. The molecule has 47 heavy (non-hydrogen) atoms. The van der Waals surface area contributed by atoms with Crippen LogP contribution in [-0.4, -0.2) is 50.9 Å². The lowest BCUT2D eigenvalue weighted by atomic mass is 10.0. The summed E-state index contributed by atoms with van der Waals surface area (Å²) in [5.41, 5.74) is 4.20. The van der Waals surface area contributed by atoms with Gasteiger partial charge in [0.05, 0.1) is 11.6 Å². The minimum Gasteiger partial charge on any atom is -0.436 e. The summed E-state index contributed by atoms with van der Waals surface area (Å²) in [6.45, 7) is 28.8. The summed E-state index contributed by atoms with van der Waals surface area (Å²) in [6, 6.07) is 20.7. The predicted molar refractivity (Wildman–Crippen MR) is 213 cm³/mol. The van der Waals surface area contributed by atoms with Crippen LogP contribution in [0, 0.1) is 11.3 Å². The van der Waals surface area contributed by atoms with Crippen molar-refractivity contribution in [2.24, 2.45) is 0 Å². The van der Waals surface area contributed by atoms with Gasteiger partial charge >= 0.3 is 34.2 Å². The van der Waals surface area contributed by atoms with Crippen molar-refractivity contribution in [3.05, 3.63) is 59.7 Å². The fourth-order valence-corrected chi connectivity index (χ4v) is 36.9. The first-order valence-corrected chi connectivity index (χ1v) is 35.2. The van der Waals surface area contributed by atoms with E-state index in [1.54, 1.807) is 0 Å². The molecule has 0 heterocycles. The van der Waals surface area contributed by atoms with Crippen molar-refractivity contribution in [2.45, 2.75) is 143 Å². The minimum absolute atomic E-state index is 0.675. The zero-order valence-corrected chi connectivity index (χ0v) is 38.0. The third kappa shape index (κ3) is 17.0. The summed E-state index contributed by atoms with van der Waals surface area (Å²) < 4.78 is 34.2. The molecule has 12 heteroatoms. The molecule has 0 aliphatic rings. The molecule has 0 spiro atoms. The van der Waals surface area contributed by atoms with Crippen LogP contribution in [0.25, 0.3) is 11.1 Å². The van der Waals surface area contributed by atoms with Crippen molar-refractivity contribution in [3.8, 4) is 17.2 Å². The largest absolute Gasteiger partial charge is 0.436 e. The molecule has 0 saturated heterocycles. The van der Waals surface area contributed by atoms with Gasteiger partial charge in [-0.3, -0.25) is 0 Å². The fourth-order valence-electron chi connectivity index (χ4n) is 6.83. The minimum atomic E-state index is -2.56. The van der Waals surface area contributed by atoms with Gasteiger partial charge in [0.25, 0.3) is 0 Å². The highest BCUT2D eigenvalue weighted by Gasteiger charge is 2.47. The molecule has 0 aromatic heterocycles. The van der Waals surface area contributed by atoms with Gasteiger partial charge in [0.15, 0.2) is 16.6 Å². The van der Waals surface area contributed by atoms with E-state index in [2.05, 4.69) is 116 Å². The summed E-state index contributed by atoms with van der Waals surface area (Å²) in [4.78, 5) is 0. The Morgan fingerprint density at radius 3 is 1.32 bits per heavy atom. The second-order valence-electron chi connectivity index (χ2n) is 16.1. The zero-order valence-electron chi connectivity index (χ0n) is 32.0. The fraction of sp³-hybridized carbons (Fsp3) is 0.629. The van der Waals surface area contributed by atoms with E-state index in [4.69, 9.17) is 25.8 Å². The highest BCUT2D eigenvalue weighted by atomic mass is 28.5. The summed E-state index contributed by atoms with van der Waals surface area (Å²) in [7, 11) is -13.9. The van der Waals surface area contributed by atoms with Crippen LogP contribution in [0.5, 0.6) is 0 Å². The molecule has 0 saturated carbocycles. The van der Waals surface area contributed by atoms with Crippen LogP contribution in [-0.2, 0) is 26.6 Å². The summed E-state index contributed by atoms with van der Waals surface area (Å²) >= 11 is 0. The maximum Gasteiger partial charge on any atom is 0.314 e. The first-order chi connectivity index (χ1) is 21.6. The van der Waals surface area contributed by atoms with Crippen LogP contribution >= 0.6 is 0 Å². The van der Waals surface area contributed by atoms with E-state index < -0.39 is 50.9 Å². The molecular formula is C35H65NO5Si6. The van der Waals surface area contributed by atoms with Crippen molar-refractivity contribution >= 4 is 50.9 Å². The molecule has 2 aromatic carbocycles. The van der Waals surface area contributed by atoms with E-state index in [0.29, 0.717) is 5.56 Å². The first kappa shape index (κ1) is 42.2. The summed E-state index contributed by atoms with van der Waals surface area (Å²) in [5, 5.41) is 9.08. The van der Waals surface area contributed by atoms with Gasteiger partial charge in [-0.25, -0.2) is 0 Å². The Labute approximate surface area is 294 Å². The Balaban J connectivity index is 1.92. The van der Waals surface area contributed by atoms with E-state index in [0.717, 1.165) is 17.2 Å². The maximum absolute atomic E-state index is 9.08. The molecule has 0 radical (unpaired) electrons. The van der Waals surface area contributed by atoms with Gasteiger partial charge < -0.3 is 20.6 Å². The highest BCUT2D eigenvalue weighted by Crippen LogP contribution is 2.30. The Kier molecular flexibility index (Phi) is 16.0. The van der Waals surface area contributed by atoms with Gasteiger partial charge in [0, 0.05) is 0 Å². The van der Waals surface area contributed by atoms with E-state index >= 15 is 0 Å². The van der Waals surface area contributed by atoms with E-state index in [9.17, 15) is 0 Å². The van der Waals surface area contributed by atoms with Crippen molar-refractivity contribution < 1.29 is 20.6 Å². The zero-order chi connectivity index (χ0) is 35.6. The average molecular weight is 748 g/mol. The Morgan fingerprint density at radius 2 is 0.872 bits per heavy atom. The van der Waals surface area contributed by atoms with Crippen LogP contribution in [0.3, 0.4) is 0 Å². The molecule has 0 aliphatic heterocycles. The number of hydrogen-bond acceptors (Lipinski definition) is 6. The van der Waals surface area contributed by atoms with Gasteiger partial charge in [0.1, 0.15) is 0 Å². The molecule has 0 amide bonds. The van der Waals surface area contributed by atoms with E-state index in [1.165, 1.54) is 56.6 Å². The lowest BCUT2D eigenvalue weighted by molar-refractivity contribution is 0.281. The van der Waals surface area contributed by atoms with Gasteiger partial charge in [-0.15, -0.1) is 0 Å². The third-order valence-corrected chi connectivity index (χ3v) is 30.8. The van der Waals surface area contributed by atoms with Crippen molar-refractivity contribution in [2.75, 3.05) is 0 Å². The normalized spacial score (nSPS) is 13.5. The predicted octanol–water partition coefficient (Wildman–Crippen LogP) is 11.4. The SMILES string of the molecule is CCCCCCCCC[Si](C)(C)O[Si](C)(C)O[Si](C)(C)O[Si](C)(C)O[Si](C)(C)O[Si](C)(C)Cc1ccc(-c2ccc(C#N)cc2)cc1. The molecule has 0 fully saturated rings. The monoisotopic (exact) mass is 747 g/mol. The number of unbranched alkanes of at least 4 members (excludes halogenated alkanes) is 6. The molecule has 0 aliphatic carbocycles. The van der Waals surface area contributed by atoms with Gasteiger partial charge in [0.2, 0.25) is 0 Å². The Hall–Kier alpha value is -0.969. The van der Waals surface area contributed by atoms with E-state index in [1.807, 2.05) is 24.3 Å². The van der Waals surface area contributed by atoms with Crippen molar-refractivity contribution in [3.63, 3.8) is 0 Å². The van der Waals surface area contributed by atoms with Gasteiger partial charge in [-0.2, -0.15) is 5.26 Å². The molecule has 0 bridgehead atoms. The second-order valence-corrected chi connectivity index (χ2v) is 39.2. The van der Waals surface area contributed by atoms with Crippen LogP contribution in [0.4, 0.5) is 0 Å². The lowest BCUT2D eigenvalue weighted by Crippen LogP contribution is -2.60. The number of benzene rings is 2. The van der Waals surface area contributed by atoms with Crippen LogP contribution < -0.4 is 0 Å². The maximum atomic E-state index is 9.08. The number of nitrogens with zero attached hydrogens (tertiary/aromatic N) is 1. The number of rotatable bonds is 21. The summed E-state index contributed by atoms with van der Waals surface area (Å²) in [5.74, 6) is 0. The Bertz CT molecular complexity index is 1270. The second kappa shape index (κ2) is 17.8. The topological polar surface area (TPSA) is 69.9 Å². The lowest BCUT2D eigenvalue weighted by Gasteiger charge is -2.43. The van der Waals surface area contributed by atoms with Crippen molar-refractivity contribution in [1.29, 1.82) is 5.26 Å². The Morgan fingerprint density at radius 1 is 0.489 bits per heavy atom. The quantitative estimate of drug-likeness (QED) is 0.0935. The molecule has 2 rings (SSSR count). The standard InChI is InChI=1S/C35H65NO5Si6/c1-14-15-16-17-18-19-20-29-42(2,3)37-44(6,7)39-46(10,11)41-47(12,13)40-45(8,9)38-43(4,5)31-33-23-27-35(28-24-33)34-25-21-32(30-36)22-26-34/h21-28H,14-20,29,31H2,1-13H3. The smallest absolute Gasteiger partial charge is 0.314 e. The molecule has 6 nitrogen and oxygen atoms in total. The van der Waals surface area contributed by atoms with Crippen LogP contribution in [0.2, 0.25) is 84.6 Å². The molecule has 0 N–H and O–H groups in total. The molecule has 2 aromatic rings. The number of nitriles is 1. The van der Waals surface area contributed by atoms with Gasteiger partial charge in [-0.1, -0.05) is 88.3 Å². The van der Waals surface area contributed by atoms with Gasteiger partial charge in [-0.05, 0) is 119 Å². The molecule has 0 unspecified atom stereocenters. The molecule has 0 atom stereocenters. The van der Waals surface area contributed by atoms with Crippen LogP contribution in [0.15, 0.2) is 48.5 Å². The van der Waals surface area contributed by atoms with Crippen molar-refractivity contribution in [1.82, 2.24) is 0 Å². The molecule has 264 valence electrons.